The third-order valence-electron chi connectivity index (χ3n) is 2.47. The van der Waals surface area contributed by atoms with Crippen LogP contribution in [-0.4, -0.2) is 16.1 Å². The lowest BCUT2D eigenvalue weighted by molar-refractivity contribution is 0.0697. The lowest BCUT2D eigenvalue weighted by Gasteiger charge is -1.96. The molecule has 1 heterocycles. The summed E-state index contributed by atoms with van der Waals surface area (Å²) in [6.45, 7) is 0. The van der Waals surface area contributed by atoms with Crippen molar-refractivity contribution < 1.29 is 9.90 Å². The molecule has 4 heteroatoms. The predicted molar refractivity (Wildman–Crippen MR) is 64.1 cm³/mol. The van der Waals surface area contributed by atoms with Crippen molar-refractivity contribution in [3.8, 4) is 0 Å². The maximum atomic E-state index is 10.9. The minimum atomic E-state index is -0.967. The SMILES string of the molecule is O=C(O)c1nc2c(ccc3ccccc32)s1. The van der Waals surface area contributed by atoms with Gasteiger partial charge in [0.25, 0.3) is 0 Å². The number of thiazole rings is 1. The van der Waals surface area contributed by atoms with Crippen LogP contribution in [0.15, 0.2) is 36.4 Å². The Kier molecular flexibility index (Phi) is 1.91. The summed E-state index contributed by atoms with van der Waals surface area (Å²) in [5, 5.41) is 11.1. The van der Waals surface area contributed by atoms with Gasteiger partial charge in [-0.3, -0.25) is 0 Å². The first-order valence-corrected chi connectivity index (χ1v) is 5.59. The summed E-state index contributed by atoms with van der Waals surface area (Å²) in [6.07, 6.45) is 0. The second-order valence-corrected chi connectivity index (χ2v) is 4.49. The van der Waals surface area contributed by atoms with E-state index in [2.05, 4.69) is 4.98 Å². The summed E-state index contributed by atoms with van der Waals surface area (Å²) in [7, 11) is 0. The maximum Gasteiger partial charge on any atom is 0.365 e. The lowest BCUT2D eigenvalue weighted by atomic mass is 10.1. The normalized spacial score (nSPS) is 11.0. The fraction of sp³-hybridized carbons (Fsp3) is 0. The summed E-state index contributed by atoms with van der Waals surface area (Å²) >= 11 is 1.21. The van der Waals surface area contributed by atoms with Gasteiger partial charge in [0, 0.05) is 5.39 Å². The predicted octanol–water partition coefficient (Wildman–Crippen LogP) is 3.15. The minimum Gasteiger partial charge on any atom is -0.476 e. The van der Waals surface area contributed by atoms with E-state index in [1.807, 2.05) is 36.4 Å². The maximum absolute atomic E-state index is 10.9. The molecule has 0 aliphatic carbocycles. The molecule has 3 rings (SSSR count). The number of carboxylic acids is 1. The Morgan fingerprint density at radius 3 is 2.81 bits per heavy atom. The number of fused-ring (bicyclic) bond motifs is 3. The molecule has 0 aliphatic rings. The van der Waals surface area contributed by atoms with Crippen molar-refractivity contribution in [3.05, 3.63) is 41.4 Å². The molecule has 0 fully saturated rings. The first-order chi connectivity index (χ1) is 7.75. The molecule has 3 aromatic rings. The van der Waals surface area contributed by atoms with Crippen molar-refractivity contribution in [3.63, 3.8) is 0 Å². The zero-order chi connectivity index (χ0) is 11.1. The highest BCUT2D eigenvalue weighted by Crippen LogP contribution is 2.29. The number of aromatic nitrogens is 1. The molecule has 2 aromatic carbocycles. The summed E-state index contributed by atoms with van der Waals surface area (Å²) in [6, 6.07) is 11.8. The van der Waals surface area contributed by atoms with Gasteiger partial charge in [-0.15, -0.1) is 11.3 Å². The van der Waals surface area contributed by atoms with Gasteiger partial charge in [-0.1, -0.05) is 30.3 Å². The van der Waals surface area contributed by atoms with Crippen LogP contribution in [-0.2, 0) is 0 Å². The molecule has 1 N–H and O–H groups in total. The van der Waals surface area contributed by atoms with Gasteiger partial charge in [-0.25, -0.2) is 9.78 Å². The molecule has 0 saturated carbocycles. The van der Waals surface area contributed by atoms with Crippen molar-refractivity contribution in [1.82, 2.24) is 4.98 Å². The topological polar surface area (TPSA) is 50.2 Å². The summed E-state index contributed by atoms with van der Waals surface area (Å²) in [5.74, 6) is -0.967. The monoisotopic (exact) mass is 229 g/mol. The third kappa shape index (κ3) is 1.27. The van der Waals surface area contributed by atoms with Crippen LogP contribution >= 0.6 is 11.3 Å². The Hall–Kier alpha value is -1.94. The van der Waals surface area contributed by atoms with Gasteiger partial charge in [0.05, 0.1) is 10.2 Å². The summed E-state index contributed by atoms with van der Waals surface area (Å²) in [5.41, 5.74) is 0.778. The third-order valence-corrected chi connectivity index (χ3v) is 3.48. The lowest BCUT2D eigenvalue weighted by Crippen LogP contribution is -1.93. The largest absolute Gasteiger partial charge is 0.476 e. The fourth-order valence-electron chi connectivity index (χ4n) is 1.75. The number of carbonyl (C=O) groups is 1. The molecule has 0 atom stereocenters. The van der Waals surface area contributed by atoms with E-state index in [0.717, 1.165) is 21.0 Å². The second-order valence-electron chi connectivity index (χ2n) is 3.46. The molecule has 0 radical (unpaired) electrons. The quantitative estimate of drug-likeness (QED) is 0.697. The number of rotatable bonds is 1. The van der Waals surface area contributed by atoms with E-state index in [1.165, 1.54) is 11.3 Å². The van der Waals surface area contributed by atoms with Gasteiger partial charge in [0.2, 0.25) is 5.01 Å². The molecule has 0 amide bonds. The number of hydrogen-bond acceptors (Lipinski definition) is 3. The highest BCUT2D eigenvalue weighted by atomic mass is 32.1. The molecule has 0 saturated heterocycles. The number of carboxylic acid groups (broad SMARTS) is 1. The molecule has 0 aliphatic heterocycles. The smallest absolute Gasteiger partial charge is 0.365 e. The van der Waals surface area contributed by atoms with Crippen LogP contribution in [0.3, 0.4) is 0 Å². The van der Waals surface area contributed by atoms with Crippen molar-refractivity contribution in [2.24, 2.45) is 0 Å². The van der Waals surface area contributed by atoms with Crippen molar-refractivity contribution in [2.45, 2.75) is 0 Å². The average Bonchev–Trinajstić information content (AvgIpc) is 2.73. The van der Waals surface area contributed by atoms with E-state index in [4.69, 9.17) is 5.11 Å². The molecule has 78 valence electrons. The van der Waals surface area contributed by atoms with Gasteiger partial charge >= 0.3 is 5.97 Å². The fourth-order valence-corrected chi connectivity index (χ4v) is 2.57. The highest BCUT2D eigenvalue weighted by molar-refractivity contribution is 7.20. The number of hydrogen-bond donors (Lipinski definition) is 1. The zero-order valence-electron chi connectivity index (χ0n) is 8.18. The van der Waals surface area contributed by atoms with E-state index in [9.17, 15) is 4.79 Å². The molecule has 1 aromatic heterocycles. The molecule has 0 bridgehead atoms. The van der Waals surface area contributed by atoms with E-state index < -0.39 is 5.97 Å². The Labute approximate surface area is 95.0 Å². The molecular weight excluding hydrogens is 222 g/mol. The van der Waals surface area contributed by atoms with Gasteiger partial charge in [0.15, 0.2) is 0 Å². The van der Waals surface area contributed by atoms with E-state index in [-0.39, 0.29) is 5.01 Å². The first kappa shape index (κ1) is 9.30. The van der Waals surface area contributed by atoms with Gasteiger partial charge < -0.3 is 5.11 Å². The second kappa shape index (κ2) is 3.28. The summed E-state index contributed by atoms with van der Waals surface area (Å²) in [4.78, 5) is 15.0. The van der Waals surface area contributed by atoms with Crippen LogP contribution in [0.2, 0.25) is 0 Å². The van der Waals surface area contributed by atoms with Crippen LogP contribution in [0.4, 0.5) is 0 Å². The Morgan fingerprint density at radius 2 is 2.00 bits per heavy atom. The van der Waals surface area contributed by atoms with E-state index in [0.29, 0.717) is 0 Å². The van der Waals surface area contributed by atoms with Gasteiger partial charge in [-0.05, 0) is 11.5 Å². The Balaban J connectivity index is 2.46. The van der Waals surface area contributed by atoms with Crippen LogP contribution in [0.5, 0.6) is 0 Å². The van der Waals surface area contributed by atoms with Gasteiger partial charge in [-0.2, -0.15) is 0 Å². The van der Waals surface area contributed by atoms with Crippen LogP contribution < -0.4 is 0 Å². The van der Waals surface area contributed by atoms with E-state index >= 15 is 0 Å². The summed E-state index contributed by atoms with van der Waals surface area (Å²) < 4.78 is 0.913. The number of nitrogens with zero attached hydrogens (tertiary/aromatic N) is 1. The minimum absolute atomic E-state index is 0.145. The highest BCUT2D eigenvalue weighted by Gasteiger charge is 2.11. The molecule has 0 spiro atoms. The molecule has 3 nitrogen and oxygen atoms in total. The Morgan fingerprint density at radius 1 is 1.19 bits per heavy atom. The molecule has 0 unspecified atom stereocenters. The number of benzene rings is 2. The zero-order valence-corrected chi connectivity index (χ0v) is 8.99. The van der Waals surface area contributed by atoms with Gasteiger partial charge in [0.1, 0.15) is 0 Å². The van der Waals surface area contributed by atoms with Crippen molar-refractivity contribution >= 4 is 38.3 Å². The van der Waals surface area contributed by atoms with Crippen molar-refractivity contribution in [1.29, 1.82) is 0 Å². The van der Waals surface area contributed by atoms with Crippen LogP contribution in [0, 0.1) is 0 Å². The van der Waals surface area contributed by atoms with Crippen molar-refractivity contribution in [2.75, 3.05) is 0 Å². The first-order valence-electron chi connectivity index (χ1n) is 4.77. The Bertz CT molecular complexity index is 702. The molecule has 16 heavy (non-hydrogen) atoms. The van der Waals surface area contributed by atoms with E-state index in [1.54, 1.807) is 0 Å². The van der Waals surface area contributed by atoms with Crippen LogP contribution in [0.1, 0.15) is 9.80 Å². The van der Waals surface area contributed by atoms with Crippen LogP contribution in [0.25, 0.3) is 21.0 Å². The molecular formula is C12H7NO2S. The average molecular weight is 229 g/mol. The standard InChI is InChI=1S/C12H7NO2S/c14-12(15)11-13-10-8-4-2-1-3-7(8)5-6-9(10)16-11/h1-6H,(H,14,15). The number of aromatic carboxylic acids is 1.